The first kappa shape index (κ1) is 14.6. The normalized spacial score (nSPS) is 12.2. The number of aromatic nitrogens is 2. The van der Waals surface area contributed by atoms with E-state index < -0.39 is 5.38 Å². The lowest BCUT2D eigenvalue weighted by atomic mass is 10.2. The highest BCUT2D eigenvalue weighted by atomic mass is 35.5. The Balaban J connectivity index is 2.07. The Kier molecular flexibility index (Phi) is 4.79. The molecule has 2 aromatic rings. The van der Waals surface area contributed by atoms with Crippen LogP contribution in [-0.4, -0.2) is 32.8 Å². The predicted molar refractivity (Wildman–Crippen MR) is 79.6 cm³/mol. The van der Waals surface area contributed by atoms with Crippen molar-refractivity contribution in [2.45, 2.75) is 25.4 Å². The SMILES string of the molecule is CC(Cl)C(=O)N(C)Cc1nccn1Cc1ccccc1. The first-order chi connectivity index (χ1) is 9.58. The van der Waals surface area contributed by atoms with Gasteiger partial charge in [-0.05, 0) is 12.5 Å². The van der Waals surface area contributed by atoms with E-state index in [0.717, 1.165) is 12.4 Å². The predicted octanol–water partition coefficient (Wildman–Crippen LogP) is 2.52. The van der Waals surface area contributed by atoms with Crippen molar-refractivity contribution in [1.29, 1.82) is 0 Å². The summed E-state index contributed by atoms with van der Waals surface area (Å²) < 4.78 is 2.04. The lowest BCUT2D eigenvalue weighted by Gasteiger charge is -2.19. The van der Waals surface area contributed by atoms with Crippen molar-refractivity contribution in [3.05, 3.63) is 54.1 Å². The Labute approximate surface area is 124 Å². The zero-order valence-corrected chi connectivity index (χ0v) is 12.4. The molecule has 0 fully saturated rings. The molecule has 1 atom stereocenters. The molecule has 0 N–H and O–H groups in total. The molecule has 1 unspecified atom stereocenters. The number of carbonyl (C=O) groups is 1. The second kappa shape index (κ2) is 6.57. The minimum Gasteiger partial charge on any atom is -0.337 e. The fourth-order valence-electron chi connectivity index (χ4n) is 2.01. The molecule has 20 heavy (non-hydrogen) atoms. The molecule has 0 aliphatic heterocycles. The molecule has 0 aliphatic carbocycles. The van der Waals surface area contributed by atoms with Crippen LogP contribution in [0.4, 0.5) is 0 Å². The number of rotatable bonds is 5. The van der Waals surface area contributed by atoms with Crippen LogP contribution in [0.2, 0.25) is 0 Å². The maximum atomic E-state index is 11.8. The fourth-order valence-corrected chi connectivity index (χ4v) is 2.18. The number of alkyl halides is 1. The zero-order chi connectivity index (χ0) is 14.5. The van der Waals surface area contributed by atoms with Crippen molar-refractivity contribution in [1.82, 2.24) is 14.5 Å². The number of amides is 1. The third kappa shape index (κ3) is 3.61. The summed E-state index contributed by atoms with van der Waals surface area (Å²) in [6.45, 7) is 2.88. The largest absolute Gasteiger partial charge is 0.337 e. The summed E-state index contributed by atoms with van der Waals surface area (Å²) in [5.74, 6) is 0.753. The molecule has 5 heteroatoms. The molecule has 0 radical (unpaired) electrons. The third-order valence-electron chi connectivity index (χ3n) is 3.09. The van der Waals surface area contributed by atoms with E-state index in [2.05, 4.69) is 17.1 Å². The smallest absolute Gasteiger partial charge is 0.240 e. The Hall–Kier alpha value is -1.81. The van der Waals surface area contributed by atoms with Crippen LogP contribution in [0.5, 0.6) is 0 Å². The second-order valence-corrected chi connectivity index (χ2v) is 5.42. The molecule has 2 rings (SSSR count). The van der Waals surface area contributed by atoms with E-state index in [9.17, 15) is 4.79 Å². The molecule has 0 saturated carbocycles. The average molecular weight is 292 g/mol. The minimum absolute atomic E-state index is 0.0964. The molecule has 1 amide bonds. The van der Waals surface area contributed by atoms with Gasteiger partial charge in [0, 0.05) is 26.0 Å². The van der Waals surface area contributed by atoms with E-state index >= 15 is 0 Å². The minimum atomic E-state index is -0.516. The molecule has 0 bridgehead atoms. The van der Waals surface area contributed by atoms with Crippen LogP contribution in [0.3, 0.4) is 0 Å². The van der Waals surface area contributed by atoms with Gasteiger partial charge in [-0.15, -0.1) is 11.6 Å². The van der Waals surface area contributed by atoms with Gasteiger partial charge in [-0.1, -0.05) is 30.3 Å². The van der Waals surface area contributed by atoms with Crippen molar-refractivity contribution < 1.29 is 4.79 Å². The molecule has 0 saturated heterocycles. The second-order valence-electron chi connectivity index (χ2n) is 4.77. The van der Waals surface area contributed by atoms with Crippen LogP contribution in [0, 0.1) is 0 Å². The van der Waals surface area contributed by atoms with E-state index in [0.29, 0.717) is 6.54 Å². The summed E-state index contributed by atoms with van der Waals surface area (Å²) >= 11 is 5.81. The highest BCUT2D eigenvalue weighted by Crippen LogP contribution is 2.09. The maximum Gasteiger partial charge on any atom is 0.240 e. The van der Waals surface area contributed by atoms with Gasteiger partial charge in [0.15, 0.2) is 0 Å². The van der Waals surface area contributed by atoms with Gasteiger partial charge in [0.25, 0.3) is 0 Å². The van der Waals surface area contributed by atoms with Gasteiger partial charge in [-0.2, -0.15) is 0 Å². The van der Waals surface area contributed by atoms with Gasteiger partial charge in [-0.25, -0.2) is 4.98 Å². The van der Waals surface area contributed by atoms with Gasteiger partial charge in [-0.3, -0.25) is 4.79 Å². The summed E-state index contributed by atoms with van der Waals surface area (Å²) in [6.07, 6.45) is 3.67. The Morgan fingerprint density at radius 3 is 2.75 bits per heavy atom. The van der Waals surface area contributed by atoms with Gasteiger partial charge in [0.1, 0.15) is 11.2 Å². The topological polar surface area (TPSA) is 38.1 Å². The Bertz CT molecular complexity index is 566. The van der Waals surface area contributed by atoms with E-state index in [4.69, 9.17) is 11.6 Å². The van der Waals surface area contributed by atoms with Gasteiger partial charge in [0.05, 0.1) is 6.54 Å². The van der Waals surface area contributed by atoms with Crippen LogP contribution < -0.4 is 0 Å². The molecular weight excluding hydrogens is 274 g/mol. The molecule has 1 heterocycles. The Morgan fingerprint density at radius 1 is 1.40 bits per heavy atom. The lowest BCUT2D eigenvalue weighted by molar-refractivity contribution is -0.129. The third-order valence-corrected chi connectivity index (χ3v) is 3.28. The number of hydrogen-bond donors (Lipinski definition) is 0. The molecule has 0 spiro atoms. The van der Waals surface area contributed by atoms with Crippen LogP contribution in [-0.2, 0) is 17.9 Å². The molecule has 4 nitrogen and oxygen atoms in total. The number of imidazole rings is 1. The van der Waals surface area contributed by atoms with E-state index in [1.807, 2.05) is 29.0 Å². The summed E-state index contributed by atoms with van der Waals surface area (Å²) in [5.41, 5.74) is 1.20. The van der Waals surface area contributed by atoms with Crippen molar-refractivity contribution in [3.8, 4) is 0 Å². The van der Waals surface area contributed by atoms with Crippen molar-refractivity contribution in [3.63, 3.8) is 0 Å². The zero-order valence-electron chi connectivity index (χ0n) is 11.7. The maximum absolute atomic E-state index is 11.8. The van der Waals surface area contributed by atoms with E-state index in [1.165, 1.54) is 5.56 Å². The van der Waals surface area contributed by atoms with E-state index in [1.54, 1.807) is 25.1 Å². The molecule has 0 aliphatic rings. The first-order valence-electron chi connectivity index (χ1n) is 6.51. The highest BCUT2D eigenvalue weighted by Gasteiger charge is 2.16. The van der Waals surface area contributed by atoms with Gasteiger partial charge < -0.3 is 9.47 Å². The molecule has 1 aromatic heterocycles. The fraction of sp³-hybridized carbons (Fsp3) is 0.333. The Morgan fingerprint density at radius 2 is 2.10 bits per heavy atom. The van der Waals surface area contributed by atoms with Gasteiger partial charge >= 0.3 is 0 Å². The number of halogens is 1. The standard InChI is InChI=1S/C15H18ClN3O/c1-12(16)15(20)18(2)11-14-17-8-9-19(14)10-13-6-4-3-5-7-13/h3-9,12H,10-11H2,1-2H3. The first-order valence-corrected chi connectivity index (χ1v) is 6.94. The lowest BCUT2D eigenvalue weighted by Crippen LogP contribution is -2.32. The monoisotopic (exact) mass is 291 g/mol. The summed E-state index contributed by atoms with van der Waals surface area (Å²) in [4.78, 5) is 17.7. The number of carbonyl (C=O) groups excluding carboxylic acids is 1. The summed E-state index contributed by atoms with van der Waals surface area (Å²) in [7, 11) is 1.74. The quantitative estimate of drug-likeness (QED) is 0.794. The summed E-state index contributed by atoms with van der Waals surface area (Å²) in [5, 5.41) is -0.516. The molecule has 106 valence electrons. The van der Waals surface area contributed by atoms with Crippen molar-refractivity contribution in [2.24, 2.45) is 0 Å². The highest BCUT2D eigenvalue weighted by molar-refractivity contribution is 6.30. The van der Waals surface area contributed by atoms with Gasteiger partial charge in [0.2, 0.25) is 5.91 Å². The van der Waals surface area contributed by atoms with Crippen LogP contribution in [0.1, 0.15) is 18.3 Å². The summed E-state index contributed by atoms with van der Waals surface area (Å²) in [6, 6.07) is 10.2. The molecular formula is C15H18ClN3O. The number of hydrogen-bond acceptors (Lipinski definition) is 2. The van der Waals surface area contributed by atoms with Crippen LogP contribution >= 0.6 is 11.6 Å². The van der Waals surface area contributed by atoms with Crippen LogP contribution in [0.15, 0.2) is 42.7 Å². The van der Waals surface area contributed by atoms with Crippen molar-refractivity contribution in [2.75, 3.05) is 7.05 Å². The molecule has 1 aromatic carbocycles. The number of nitrogens with zero attached hydrogens (tertiary/aromatic N) is 3. The van der Waals surface area contributed by atoms with Crippen LogP contribution in [0.25, 0.3) is 0 Å². The number of benzene rings is 1. The van der Waals surface area contributed by atoms with Crippen molar-refractivity contribution >= 4 is 17.5 Å². The van der Waals surface area contributed by atoms with E-state index in [-0.39, 0.29) is 5.91 Å². The average Bonchev–Trinajstić information content (AvgIpc) is 2.86.